The molecule has 0 unspecified atom stereocenters. The minimum Gasteiger partial charge on any atom is -0.478 e. The highest BCUT2D eigenvalue weighted by Gasteiger charge is 2.11. The molecule has 0 aliphatic heterocycles. The van der Waals surface area contributed by atoms with E-state index in [4.69, 9.17) is 22.4 Å². The van der Waals surface area contributed by atoms with Gasteiger partial charge in [-0.1, -0.05) is 18.5 Å². The molecule has 0 aliphatic carbocycles. The van der Waals surface area contributed by atoms with Crippen molar-refractivity contribution >= 4 is 23.3 Å². The first-order chi connectivity index (χ1) is 6.06. The van der Waals surface area contributed by atoms with Gasteiger partial charge in [0.25, 0.3) is 0 Å². The Morgan fingerprint density at radius 3 is 2.69 bits per heavy atom. The SMILES string of the molecule is CCc1cc(N)c(Cl)cc1C(=O)O. The second kappa shape index (κ2) is 3.66. The van der Waals surface area contributed by atoms with Crippen LogP contribution in [0.2, 0.25) is 5.02 Å². The summed E-state index contributed by atoms with van der Waals surface area (Å²) in [6, 6.07) is 2.99. The first-order valence-electron chi connectivity index (χ1n) is 3.87. The minimum absolute atomic E-state index is 0.224. The summed E-state index contributed by atoms with van der Waals surface area (Å²) in [6.07, 6.45) is 0.628. The Morgan fingerprint density at radius 1 is 1.62 bits per heavy atom. The van der Waals surface area contributed by atoms with Gasteiger partial charge in [0.05, 0.1) is 16.3 Å². The molecule has 4 heteroatoms. The second-order valence-electron chi connectivity index (χ2n) is 2.69. The van der Waals surface area contributed by atoms with Crippen molar-refractivity contribution in [2.75, 3.05) is 5.73 Å². The topological polar surface area (TPSA) is 63.3 Å². The molecule has 0 spiro atoms. The van der Waals surface area contributed by atoms with Gasteiger partial charge in [-0.3, -0.25) is 0 Å². The van der Waals surface area contributed by atoms with Crippen molar-refractivity contribution in [2.45, 2.75) is 13.3 Å². The number of benzene rings is 1. The van der Waals surface area contributed by atoms with Gasteiger partial charge in [-0.05, 0) is 24.1 Å². The number of carbonyl (C=O) groups is 1. The van der Waals surface area contributed by atoms with E-state index in [1.165, 1.54) is 6.07 Å². The summed E-state index contributed by atoms with van der Waals surface area (Å²) in [5, 5.41) is 9.10. The van der Waals surface area contributed by atoms with E-state index in [0.717, 1.165) is 0 Å². The molecule has 0 bridgehead atoms. The number of carboxylic acid groups (broad SMARTS) is 1. The van der Waals surface area contributed by atoms with E-state index in [1.807, 2.05) is 6.92 Å². The van der Waals surface area contributed by atoms with E-state index in [-0.39, 0.29) is 10.6 Å². The smallest absolute Gasteiger partial charge is 0.336 e. The average molecular weight is 200 g/mol. The number of halogens is 1. The maximum Gasteiger partial charge on any atom is 0.336 e. The fourth-order valence-electron chi connectivity index (χ4n) is 1.13. The van der Waals surface area contributed by atoms with Gasteiger partial charge in [-0.15, -0.1) is 0 Å². The Bertz CT molecular complexity index is 350. The molecule has 0 fully saturated rings. The molecule has 0 amide bonds. The molecule has 0 radical (unpaired) electrons. The monoisotopic (exact) mass is 199 g/mol. The van der Waals surface area contributed by atoms with Crippen LogP contribution in [-0.4, -0.2) is 11.1 Å². The molecule has 70 valence electrons. The number of anilines is 1. The summed E-state index contributed by atoms with van der Waals surface area (Å²) in [5.74, 6) is -0.973. The number of rotatable bonds is 2. The molecule has 3 nitrogen and oxygen atoms in total. The van der Waals surface area contributed by atoms with E-state index in [0.29, 0.717) is 17.7 Å². The Morgan fingerprint density at radius 2 is 2.23 bits per heavy atom. The summed E-state index contributed by atoms with van der Waals surface area (Å²) in [7, 11) is 0. The van der Waals surface area contributed by atoms with Gasteiger partial charge in [0.2, 0.25) is 0 Å². The molecule has 0 aromatic heterocycles. The van der Waals surface area contributed by atoms with Crippen LogP contribution in [0.3, 0.4) is 0 Å². The zero-order valence-electron chi connectivity index (χ0n) is 7.17. The third-order valence-electron chi connectivity index (χ3n) is 1.83. The first kappa shape index (κ1) is 9.86. The predicted molar refractivity (Wildman–Crippen MR) is 52.2 cm³/mol. The lowest BCUT2D eigenvalue weighted by Gasteiger charge is -2.06. The van der Waals surface area contributed by atoms with Crippen LogP contribution in [0.1, 0.15) is 22.8 Å². The Hall–Kier alpha value is -1.22. The second-order valence-corrected chi connectivity index (χ2v) is 3.10. The summed E-state index contributed by atoms with van der Waals surface area (Å²) in [5.41, 5.74) is 6.89. The van der Waals surface area contributed by atoms with Crippen molar-refractivity contribution in [1.29, 1.82) is 0 Å². The fraction of sp³-hybridized carbons (Fsp3) is 0.222. The van der Waals surface area contributed by atoms with Gasteiger partial charge in [-0.2, -0.15) is 0 Å². The van der Waals surface area contributed by atoms with Gasteiger partial charge < -0.3 is 10.8 Å². The third-order valence-corrected chi connectivity index (χ3v) is 2.16. The van der Waals surface area contributed by atoms with Crippen molar-refractivity contribution in [3.05, 3.63) is 28.3 Å². The predicted octanol–water partition coefficient (Wildman–Crippen LogP) is 2.18. The van der Waals surface area contributed by atoms with Crippen LogP contribution >= 0.6 is 11.6 Å². The average Bonchev–Trinajstić information content (AvgIpc) is 2.08. The molecule has 1 rings (SSSR count). The van der Waals surface area contributed by atoms with Crippen LogP contribution in [-0.2, 0) is 6.42 Å². The lowest BCUT2D eigenvalue weighted by atomic mass is 10.0. The van der Waals surface area contributed by atoms with E-state index in [2.05, 4.69) is 0 Å². The molecule has 13 heavy (non-hydrogen) atoms. The van der Waals surface area contributed by atoms with E-state index in [9.17, 15) is 4.79 Å². The van der Waals surface area contributed by atoms with Crippen LogP contribution in [0.4, 0.5) is 5.69 Å². The van der Waals surface area contributed by atoms with E-state index < -0.39 is 5.97 Å². The number of nitrogens with two attached hydrogens (primary N) is 1. The highest BCUT2D eigenvalue weighted by atomic mass is 35.5. The standard InChI is InChI=1S/C9H10ClNO2/c1-2-5-3-8(11)7(10)4-6(5)9(12)13/h3-4H,2,11H2,1H3,(H,12,13). The Kier molecular flexibility index (Phi) is 2.78. The summed E-state index contributed by atoms with van der Waals surface area (Å²) in [6.45, 7) is 1.87. The maximum atomic E-state index is 10.7. The highest BCUT2D eigenvalue weighted by Crippen LogP contribution is 2.23. The van der Waals surface area contributed by atoms with Crippen LogP contribution in [0.15, 0.2) is 12.1 Å². The summed E-state index contributed by atoms with van der Waals surface area (Å²) >= 11 is 5.70. The largest absolute Gasteiger partial charge is 0.478 e. The highest BCUT2D eigenvalue weighted by molar-refractivity contribution is 6.33. The van der Waals surface area contributed by atoms with Gasteiger partial charge in [0.1, 0.15) is 0 Å². The van der Waals surface area contributed by atoms with E-state index in [1.54, 1.807) is 6.07 Å². The molecule has 1 aromatic rings. The van der Waals surface area contributed by atoms with Gasteiger partial charge in [0, 0.05) is 0 Å². The quantitative estimate of drug-likeness (QED) is 0.718. The van der Waals surface area contributed by atoms with Gasteiger partial charge in [-0.25, -0.2) is 4.79 Å². The number of carboxylic acids is 1. The molecule has 0 saturated heterocycles. The molecule has 0 heterocycles. The zero-order chi connectivity index (χ0) is 10.0. The first-order valence-corrected chi connectivity index (χ1v) is 4.25. The van der Waals surface area contributed by atoms with Crippen molar-refractivity contribution in [2.24, 2.45) is 0 Å². The van der Waals surface area contributed by atoms with Gasteiger partial charge >= 0.3 is 5.97 Å². The molecular weight excluding hydrogens is 190 g/mol. The molecule has 0 aliphatic rings. The number of nitrogen functional groups attached to an aromatic ring is 1. The van der Waals surface area contributed by atoms with E-state index >= 15 is 0 Å². The maximum absolute atomic E-state index is 10.7. The number of aryl methyl sites for hydroxylation is 1. The third kappa shape index (κ3) is 1.92. The van der Waals surface area contributed by atoms with Crippen molar-refractivity contribution in [3.63, 3.8) is 0 Å². The van der Waals surface area contributed by atoms with Gasteiger partial charge in [0.15, 0.2) is 0 Å². The number of aromatic carboxylic acids is 1. The van der Waals surface area contributed by atoms with Crippen molar-refractivity contribution in [1.82, 2.24) is 0 Å². The van der Waals surface area contributed by atoms with Crippen molar-refractivity contribution < 1.29 is 9.90 Å². The number of hydrogen-bond donors (Lipinski definition) is 2. The minimum atomic E-state index is -0.973. The van der Waals surface area contributed by atoms with Crippen LogP contribution in [0, 0.1) is 0 Å². The summed E-state index contributed by atoms with van der Waals surface area (Å²) < 4.78 is 0. The Balaban J connectivity index is 3.33. The van der Waals surface area contributed by atoms with Crippen LogP contribution in [0.25, 0.3) is 0 Å². The zero-order valence-corrected chi connectivity index (χ0v) is 7.93. The molecule has 0 saturated carbocycles. The molecule has 1 aromatic carbocycles. The normalized spacial score (nSPS) is 10.0. The Labute approximate surface area is 81.1 Å². The molecular formula is C9H10ClNO2. The molecule has 0 atom stereocenters. The summed E-state index contributed by atoms with van der Waals surface area (Å²) in [4.78, 5) is 10.7. The van der Waals surface area contributed by atoms with Crippen LogP contribution in [0.5, 0.6) is 0 Å². The molecule has 3 N–H and O–H groups in total. The van der Waals surface area contributed by atoms with Crippen LogP contribution < -0.4 is 5.73 Å². The number of hydrogen-bond acceptors (Lipinski definition) is 2. The van der Waals surface area contributed by atoms with Crippen molar-refractivity contribution in [3.8, 4) is 0 Å². The fourth-order valence-corrected chi connectivity index (χ4v) is 1.29. The lowest BCUT2D eigenvalue weighted by molar-refractivity contribution is 0.0696. The lowest BCUT2D eigenvalue weighted by Crippen LogP contribution is -2.03.